The van der Waals surface area contributed by atoms with E-state index in [0.29, 0.717) is 17.8 Å². The fourth-order valence-electron chi connectivity index (χ4n) is 1.22. The van der Waals surface area contributed by atoms with Crippen LogP contribution in [0.2, 0.25) is 0 Å². The fraction of sp³-hybridized carbons (Fsp3) is 0.444. The van der Waals surface area contributed by atoms with E-state index < -0.39 is 11.0 Å². The molecule has 1 rings (SSSR count). The van der Waals surface area contributed by atoms with E-state index in [2.05, 4.69) is 4.98 Å². The molecule has 0 saturated heterocycles. The predicted octanol–water partition coefficient (Wildman–Crippen LogP) is 1.22. The lowest BCUT2D eigenvalue weighted by Crippen LogP contribution is -2.07. The lowest BCUT2D eigenvalue weighted by atomic mass is 10.2. The first-order valence-electron chi connectivity index (χ1n) is 4.29. The van der Waals surface area contributed by atoms with Crippen LogP contribution < -0.4 is 0 Å². The van der Waals surface area contributed by atoms with Crippen molar-refractivity contribution in [3.8, 4) is 0 Å². The first-order valence-corrected chi connectivity index (χ1v) is 4.29. The van der Waals surface area contributed by atoms with Gasteiger partial charge in [-0.15, -0.1) is 0 Å². The summed E-state index contributed by atoms with van der Waals surface area (Å²) < 4.78 is 0. The Balaban J connectivity index is 2.94. The van der Waals surface area contributed by atoms with Gasteiger partial charge in [0.1, 0.15) is 5.69 Å². The minimum absolute atomic E-state index is 0.0133. The Kier molecular flexibility index (Phi) is 3.14. The number of rotatable bonds is 3. The highest BCUT2D eigenvalue weighted by atomic mass is 16.6. The van der Waals surface area contributed by atoms with Gasteiger partial charge >= 0.3 is 0 Å². The minimum Gasteiger partial charge on any atom is -0.393 e. The number of aromatic nitrogens is 1. The summed E-state index contributed by atoms with van der Waals surface area (Å²) in [6.07, 6.45) is -0.0675. The average molecular weight is 196 g/mol. The van der Waals surface area contributed by atoms with Crippen LogP contribution in [0.4, 0.5) is 5.69 Å². The van der Waals surface area contributed by atoms with Crippen molar-refractivity contribution in [2.75, 3.05) is 0 Å². The Morgan fingerprint density at radius 3 is 2.71 bits per heavy atom. The molecule has 0 aliphatic heterocycles. The number of hydrogen-bond acceptors (Lipinski definition) is 4. The van der Waals surface area contributed by atoms with Crippen LogP contribution in [0.5, 0.6) is 0 Å². The summed E-state index contributed by atoms with van der Waals surface area (Å²) in [6.45, 7) is 3.24. The van der Waals surface area contributed by atoms with Crippen molar-refractivity contribution in [1.82, 2.24) is 4.98 Å². The number of nitrogens with zero attached hydrogens (tertiary/aromatic N) is 2. The molecule has 1 N–H and O–H groups in total. The van der Waals surface area contributed by atoms with E-state index in [9.17, 15) is 10.1 Å². The van der Waals surface area contributed by atoms with Crippen molar-refractivity contribution < 1.29 is 10.0 Å². The van der Waals surface area contributed by atoms with Crippen molar-refractivity contribution in [1.29, 1.82) is 0 Å². The van der Waals surface area contributed by atoms with Crippen LogP contribution in [0.15, 0.2) is 12.1 Å². The van der Waals surface area contributed by atoms with Crippen LogP contribution in [0.1, 0.15) is 18.3 Å². The number of pyridine rings is 1. The van der Waals surface area contributed by atoms with Crippen LogP contribution >= 0.6 is 0 Å². The zero-order valence-electron chi connectivity index (χ0n) is 8.10. The summed E-state index contributed by atoms with van der Waals surface area (Å²) in [5, 5.41) is 19.6. The summed E-state index contributed by atoms with van der Waals surface area (Å²) >= 11 is 0. The Labute approximate surface area is 81.6 Å². The summed E-state index contributed by atoms with van der Waals surface area (Å²) in [7, 11) is 0. The third-order valence-corrected chi connectivity index (χ3v) is 1.82. The number of aryl methyl sites for hydroxylation is 1. The minimum atomic E-state index is -0.483. The molecule has 1 atom stereocenters. The molecule has 1 aromatic heterocycles. The van der Waals surface area contributed by atoms with Gasteiger partial charge in [-0.05, 0) is 19.9 Å². The number of nitro groups is 1. The monoisotopic (exact) mass is 196 g/mol. The molecule has 0 saturated carbocycles. The van der Waals surface area contributed by atoms with Gasteiger partial charge in [-0.3, -0.25) is 15.1 Å². The van der Waals surface area contributed by atoms with Gasteiger partial charge in [0.15, 0.2) is 0 Å². The molecule has 1 unspecified atom stereocenters. The van der Waals surface area contributed by atoms with E-state index in [1.165, 1.54) is 6.07 Å². The molecule has 0 radical (unpaired) electrons. The molecule has 14 heavy (non-hydrogen) atoms. The Hall–Kier alpha value is -1.49. The standard InChI is InChI=1S/C9H12N2O3/c1-6(12)5-8-3-4-9(11(13)14)7(2)10-8/h3-4,6,12H,5H2,1-2H3. The van der Waals surface area contributed by atoms with Gasteiger partial charge in [0.05, 0.1) is 11.0 Å². The van der Waals surface area contributed by atoms with Crippen molar-refractivity contribution in [2.24, 2.45) is 0 Å². The normalized spacial score (nSPS) is 12.5. The van der Waals surface area contributed by atoms with Crippen LogP contribution in [0.3, 0.4) is 0 Å². The first-order chi connectivity index (χ1) is 6.50. The zero-order chi connectivity index (χ0) is 10.7. The largest absolute Gasteiger partial charge is 0.393 e. The van der Waals surface area contributed by atoms with Gasteiger partial charge in [-0.1, -0.05) is 0 Å². The van der Waals surface area contributed by atoms with Gasteiger partial charge in [0, 0.05) is 18.2 Å². The van der Waals surface area contributed by atoms with Crippen LogP contribution in [-0.4, -0.2) is 21.1 Å². The lowest BCUT2D eigenvalue weighted by Gasteiger charge is -2.04. The predicted molar refractivity (Wildman–Crippen MR) is 51.0 cm³/mol. The molecule has 1 aromatic rings. The van der Waals surface area contributed by atoms with E-state index in [1.807, 2.05) is 0 Å². The highest BCUT2D eigenvalue weighted by Crippen LogP contribution is 2.15. The van der Waals surface area contributed by atoms with Crippen molar-refractivity contribution in [3.63, 3.8) is 0 Å². The number of aliphatic hydroxyl groups is 1. The number of hydrogen-bond donors (Lipinski definition) is 1. The maximum atomic E-state index is 10.5. The molecule has 5 heteroatoms. The number of aliphatic hydroxyl groups excluding tert-OH is 1. The Bertz CT molecular complexity index is 350. The van der Waals surface area contributed by atoms with E-state index in [4.69, 9.17) is 5.11 Å². The van der Waals surface area contributed by atoms with Gasteiger partial charge in [-0.25, -0.2) is 0 Å². The molecule has 1 heterocycles. The van der Waals surface area contributed by atoms with E-state index in [0.717, 1.165) is 0 Å². The fourth-order valence-corrected chi connectivity index (χ4v) is 1.22. The molecule has 76 valence electrons. The highest BCUT2D eigenvalue weighted by molar-refractivity contribution is 5.35. The van der Waals surface area contributed by atoms with Gasteiger partial charge in [-0.2, -0.15) is 0 Å². The molecule has 0 aliphatic rings. The molecule has 0 aromatic carbocycles. The van der Waals surface area contributed by atoms with Crippen LogP contribution in [-0.2, 0) is 6.42 Å². The molecule has 0 spiro atoms. The Morgan fingerprint density at radius 1 is 1.64 bits per heavy atom. The third-order valence-electron chi connectivity index (χ3n) is 1.82. The Morgan fingerprint density at radius 2 is 2.29 bits per heavy atom. The van der Waals surface area contributed by atoms with Gasteiger partial charge in [0.25, 0.3) is 5.69 Å². The molecule has 0 amide bonds. The van der Waals surface area contributed by atoms with E-state index >= 15 is 0 Å². The molecule has 0 aliphatic carbocycles. The van der Waals surface area contributed by atoms with Crippen molar-refractivity contribution >= 4 is 5.69 Å². The third kappa shape index (κ3) is 2.50. The van der Waals surface area contributed by atoms with Gasteiger partial charge in [0.2, 0.25) is 0 Å². The second kappa shape index (κ2) is 4.15. The summed E-state index contributed by atoms with van der Waals surface area (Å²) in [5.41, 5.74) is 1.07. The zero-order valence-corrected chi connectivity index (χ0v) is 8.10. The molecular weight excluding hydrogens is 184 g/mol. The molecule has 0 fully saturated rings. The maximum Gasteiger partial charge on any atom is 0.290 e. The second-order valence-corrected chi connectivity index (χ2v) is 3.22. The SMILES string of the molecule is Cc1nc(CC(C)O)ccc1[N+](=O)[O-]. The topological polar surface area (TPSA) is 76.3 Å². The highest BCUT2D eigenvalue weighted by Gasteiger charge is 2.12. The summed E-state index contributed by atoms with van der Waals surface area (Å²) in [4.78, 5) is 14.0. The smallest absolute Gasteiger partial charge is 0.290 e. The van der Waals surface area contributed by atoms with E-state index in [1.54, 1.807) is 19.9 Å². The van der Waals surface area contributed by atoms with Crippen molar-refractivity contribution in [3.05, 3.63) is 33.6 Å². The van der Waals surface area contributed by atoms with Gasteiger partial charge < -0.3 is 5.11 Å². The molecule has 0 bridgehead atoms. The molecule has 5 nitrogen and oxygen atoms in total. The van der Waals surface area contributed by atoms with E-state index in [-0.39, 0.29) is 5.69 Å². The summed E-state index contributed by atoms with van der Waals surface area (Å²) in [6, 6.07) is 2.98. The second-order valence-electron chi connectivity index (χ2n) is 3.22. The van der Waals surface area contributed by atoms with Crippen LogP contribution in [0.25, 0.3) is 0 Å². The average Bonchev–Trinajstić information content (AvgIpc) is 2.01. The van der Waals surface area contributed by atoms with Crippen molar-refractivity contribution in [2.45, 2.75) is 26.4 Å². The quantitative estimate of drug-likeness (QED) is 0.582. The maximum absolute atomic E-state index is 10.5. The first kappa shape index (κ1) is 10.6. The summed E-state index contributed by atoms with van der Waals surface area (Å²) in [5.74, 6) is 0. The lowest BCUT2D eigenvalue weighted by molar-refractivity contribution is -0.385. The van der Waals surface area contributed by atoms with Crippen LogP contribution in [0, 0.1) is 17.0 Å². The molecular formula is C9H12N2O3.